The molecule has 1 saturated heterocycles. The highest BCUT2D eigenvalue weighted by Gasteiger charge is 2.16. The maximum atomic E-state index is 11.6. The Morgan fingerprint density at radius 3 is 1.86 bits per heavy atom. The van der Waals surface area contributed by atoms with Crippen LogP contribution in [0.3, 0.4) is 0 Å². The molecule has 0 aromatic heterocycles. The Labute approximate surface area is 138 Å². The van der Waals surface area contributed by atoms with E-state index in [2.05, 4.69) is 11.8 Å². The van der Waals surface area contributed by atoms with Crippen LogP contribution in [0.15, 0.2) is 0 Å². The highest BCUT2D eigenvalue weighted by Crippen LogP contribution is 2.14. The zero-order valence-corrected chi connectivity index (χ0v) is 14.9. The SMILES string of the molecule is CCCCCCCCCCCCCN1CCCCC1=O.Cl. The topological polar surface area (TPSA) is 20.3 Å². The smallest absolute Gasteiger partial charge is 0.222 e. The standard InChI is InChI=1S/C18H35NO.ClH/c1-2-3-4-5-6-7-8-9-10-11-13-16-19-17-14-12-15-18(19)20;/h2-17H2,1H3;1H. The third kappa shape index (κ3) is 11.0. The second kappa shape index (κ2) is 14.7. The van der Waals surface area contributed by atoms with Crippen molar-refractivity contribution in [3.63, 3.8) is 0 Å². The molecule has 0 N–H and O–H groups in total. The fraction of sp³-hybridized carbons (Fsp3) is 0.944. The molecule has 2 nitrogen and oxygen atoms in total. The van der Waals surface area contributed by atoms with Gasteiger partial charge < -0.3 is 4.90 Å². The molecule has 3 heteroatoms. The molecular formula is C18H36ClNO. The van der Waals surface area contributed by atoms with Gasteiger partial charge in [-0.05, 0) is 19.3 Å². The van der Waals surface area contributed by atoms with Gasteiger partial charge in [0.1, 0.15) is 0 Å². The van der Waals surface area contributed by atoms with Crippen LogP contribution in [0.2, 0.25) is 0 Å². The Balaban J connectivity index is 0.00000400. The summed E-state index contributed by atoms with van der Waals surface area (Å²) in [6.07, 6.45) is 18.3. The Bertz CT molecular complexity index is 245. The average Bonchev–Trinajstić information content (AvgIpc) is 2.46. The molecule has 0 spiro atoms. The van der Waals surface area contributed by atoms with Gasteiger partial charge in [0.05, 0.1) is 0 Å². The second-order valence-electron chi connectivity index (χ2n) is 6.37. The van der Waals surface area contributed by atoms with Crippen LogP contribution < -0.4 is 0 Å². The first kappa shape index (κ1) is 20.8. The van der Waals surface area contributed by atoms with Crippen molar-refractivity contribution in [2.75, 3.05) is 13.1 Å². The lowest BCUT2D eigenvalue weighted by Crippen LogP contribution is -2.35. The number of carbonyl (C=O) groups is 1. The molecule has 0 aromatic rings. The van der Waals surface area contributed by atoms with Crippen LogP contribution in [-0.2, 0) is 4.79 Å². The van der Waals surface area contributed by atoms with Crippen molar-refractivity contribution in [2.24, 2.45) is 0 Å². The largest absolute Gasteiger partial charge is 0.343 e. The summed E-state index contributed by atoms with van der Waals surface area (Å²) in [5.41, 5.74) is 0. The first-order valence-electron chi connectivity index (χ1n) is 9.12. The minimum absolute atomic E-state index is 0. The number of rotatable bonds is 12. The van der Waals surface area contributed by atoms with Crippen molar-refractivity contribution >= 4 is 18.3 Å². The predicted molar refractivity (Wildman–Crippen MR) is 94.1 cm³/mol. The minimum atomic E-state index is 0. The van der Waals surface area contributed by atoms with Gasteiger partial charge in [-0.2, -0.15) is 0 Å². The van der Waals surface area contributed by atoms with Crippen LogP contribution in [0.5, 0.6) is 0 Å². The van der Waals surface area contributed by atoms with E-state index >= 15 is 0 Å². The summed E-state index contributed by atoms with van der Waals surface area (Å²) in [6, 6.07) is 0. The molecule has 1 rings (SSSR count). The first-order chi connectivity index (χ1) is 9.84. The normalized spacial score (nSPS) is 15.1. The summed E-state index contributed by atoms with van der Waals surface area (Å²) in [5, 5.41) is 0. The highest BCUT2D eigenvalue weighted by atomic mass is 35.5. The molecule has 1 aliphatic rings. The third-order valence-corrected chi connectivity index (χ3v) is 4.45. The lowest BCUT2D eigenvalue weighted by molar-refractivity contribution is -0.133. The van der Waals surface area contributed by atoms with E-state index in [1.165, 1.54) is 77.0 Å². The molecule has 0 aromatic carbocycles. The summed E-state index contributed by atoms with van der Waals surface area (Å²) in [6.45, 7) is 4.30. The van der Waals surface area contributed by atoms with E-state index in [-0.39, 0.29) is 12.4 Å². The molecule has 0 aliphatic carbocycles. The maximum Gasteiger partial charge on any atom is 0.222 e. The van der Waals surface area contributed by atoms with Crippen LogP contribution in [0, 0.1) is 0 Å². The fourth-order valence-corrected chi connectivity index (χ4v) is 3.07. The van der Waals surface area contributed by atoms with Gasteiger partial charge in [-0.25, -0.2) is 0 Å². The molecule has 1 heterocycles. The first-order valence-corrected chi connectivity index (χ1v) is 9.12. The number of likely N-dealkylation sites (tertiary alicyclic amines) is 1. The van der Waals surface area contributed by atoms with E-state index in [1.54, 1.807) is 0 Å². The Morgan fingerprint density at radius 2 is 1.33 bits per heavy atom. The summed E-state index contributed by atoms with van der Waals surface area (Å²) >= 11 is 0. The molecule has 1 amide bonds. The fourth-order valence-electron chi connectivity index (χ4n) is 3.07. The summed E-state index contributed by atoms with van der Waals surface area (Å²) in [5.74, 6) is 0.392. The Morgan fingerprint density at radius 1 is 0.810 bits per heavy atom. The molecule has 0 unspecified atom stereocenters. The summed E-state index contributed by atoms with van der Waals surface area (Å²) in [4.78, 5) is 13.7. The van der Waals surface area contributed by atoms with Gasteiger partial charge in [0.2, 0.25) is 5.91 Å². The van der Waals surface area contributed by atoms with Gasteiger partial charge in [0.15, 0.2) is 0 Å². The minimum Gasteiger partial charge on any atom is -0.343 e. The van der Waals surface area contributed by atoms with Gasteiger partial charge >= 0.3 is 0 Å². The number of nitrogens with zero attached hydrogens (tertiary/aromatic N) is 1. The molecule has 0 radical (unpaired) electrons. The predicted octanol–water partition coefficient (Wildman–Crippen LogP) is 5.73. The van der Waals surface area contributed by atoms with Gasteiger partial charge in [0.25, 0.3) is 0 Å². The maximum absolute atomic E-state index is 11.6. The Hall–Kier alpha value is -0.240. The molecule has 126 valence electrons. The van der Waals surface area contributed by atoms with E-state index in [0.717, 1.165) is 25.9 Å². The van der Waals surface area contributed by atoms with E-state index in [9.17, 15) is 4.79 Å². The second-order valence-corrected chi connectivity index (χ2v) is 6.37. The molecule has 0 saturated carbocycles. The highest BCUT2D eigenvalue weighted by molar-refractivity contribution is 5.85. The number of carbonyl (C=O) groups excluding carboxylic acids is 1. The van der Waals surface area contributed by atoms with Crippen molar-refractivity contribution in [1.29, 1.82) is 0 Å². The Kier molecular flexibility index (Phi) is 14.5. The van der Waals surface area contributed by atoms with Crippen molar-refractivity contribution in [3.8, 4) is 0 Å². The molecule has 21 heavy (non-hydrogen) atoms. The summed E-state index contributed by atoms with van der Waals surface area (Å²) < 4.78 is 0. The molecule has 1 fully saturated rings. The van der Waals surface area contributed by atoms with E-state index in [4.69, 9.17) is 0 Å². The number of amides is 1. The lowest BCUT2D eigenvalue weighted by Gasteiger charge is -2.26. The quantitative estimate of drug-likeness (QED) is 0.421. The number of piperidine rings is 1. The van der Waals surface area contributed by atoms with Gasteiger partial charge in [0, 0.05) is 19.5 Å². The van der Waals surface area contributed by atoms with Crippen molar-refractivity contribution in [1.82, 2.24) is 4.90 Å². The number of hydrogen-bond donors (Lipinski definition) is 0. The van der Waals surface area contributed by atoms with E-state index < -0.39 is 0 Å². The van der Waals surface area contributed by atoms with Crippen LogP contribution in [0.4, 0.5) is 0 Å². The lowest BCUT2D eigenvalue weighted by atomic mass is 10.1. The van der Waals surface area contributed by atoms with Crippen LogP contribution >= 0.6 is 12.4 Å². The molecule has 1 aliphatic heterocycles. The van der Waals surface area contributed by atoms with E-state index in [1.807, 2.05) is 0 Å². The molecule has 0 atom stereocenters. The van der Waals surface area contributed by atoms with Gasteiger partial charge in [-0.3, -0.25) is 4.79 Å². The van der Waals surface area contributed by atoms with Crippen molar-refractivity contribution in [3.05, 3.63) is 0 Å². The van der Waals surface area contributed by atoms with Gasteiger partial charge in [-0.1, -0.05) is 71.1 Å². The molecule has 0 bridgehead atoms. The van der Waals surface area contributed by atoms with Crippen molar-refractivity contribution < 1.29 is 4.79 Å². The van der Waals surface area contributed by atoms with Crippen LogP contribution in [-0.4, -0.2) is 23.9 Å². The monoisotopic (exact) mass is 317 g/mol. The number of hydrogen-bond acceptors (Lipinski definition) is 1. The summed E-state index contributed by atoms with van der Waals surface area (Å²) in [7, 11) is 0. The third-order valence-electron chi connectivity index (χ3n) is 4.45. The average molecular weight is 318 g/mol. The number of halogens is 1. The zero-order valence-electron chi connectivity index (χ0n) is 14.1. The number of unbranched alkanes of at least 4 members (excludes halogenated alkanes) is 10. The van der Waals surface area contributed by atoms with E-state index in [0.29, 0.717) is 5.91 Å². The van der Waals surface area contributed by atoms with Gasteiger partial charge in [-0.15, -0.1) is 12.4 Å². The van der Waals surface area contributed by atoms with Crippen molar-refractivity contribution in [2.45, 2.75) is 96.8 Å². The van der Waals surface area contributed by atoms with Crippen LogP contribution in [0.25, 0.3) is 0 Å². The molecular weight excluding hydrogens is 282 g/mol. The van der Waals surface area contributed by atoms with Crippen LogP contribution in [0.1, 0.15) is 96.8 Å². The zero-order chi connectivity index (χ0) is 14.5.